The van der Waals surface area contributed by atoms with Gasteiger partial charge in [-0.25, -0.2) is 4.98 Å². The molecule has 0 aliphatic carbocycles. The summed E-state index contributed by atoms with van der Waals surface area (Å²) in [5, 5.41) is 6.98. The number of amides is 1. The molecule has 0 radical (unpaired) electrons. The molecule has 2 N–H and O–H groups in total. The number of hydrogen-bond acceptors (Lipinski definition) is 6. The number of ether oxygens (including phenoxy) is 1. The third-order valence-electron chi connectivity index (χ3n) is 4.40. The van der Waals surface area contributed by atoms with Crippen LogP contribution in [0.25, 0.3) is 10.7 Å². The highest BCUT2D eigenvalue weighted by Gasteiger charge is 2.28. The van der Waals surface area contributed by atoms with Gasteiger partial charge in [0, 0.05) is 18.2 Å². The standard InChI is InChI=1S/C17H17N5O2S/c1-9-15(25-22-21-9)16-19-12-7-10(8-18-17(23)14(12)20-16)11-5-3-4-6-13(11)24-2/h3-6,10H,7-8H2,1-2H3,(H,18,23)(H,19,20). The molecule has 1 unspecified atom stereocenters. The molecule has 1 amide bonds. The van der Waals surface area contributed by atoms with E-state index in [0.29, 0.717) is 24.5 Å². The van der Waals surface area contributed by atoms with Crippen LogP contribution in [0.2, 0.25) is 0 Å². The number of H-pyrrole nitrogens is 1. The molecule has 3 heterocycles. The van der Waals surface area contributed by atoms with Gasteiger partial charge in [0.15, 0.2) is 5.82 Å². The Hall–Kier alpha value is -2.74. The SMILES string of the molecule is COc1ccccc1C1CNC(=O)c2nc(-c3snnc3C)[nH]c2C1. The van der Waals surface area contributed by atoms with Crippen LogP contribution >= 0.6 is 11.5 Å². The average molecular weight is 355 g/mol. The van der Waals surface area contributed by atoms with Gasteiger partial charge < -0.3 is 15.0 Å². The number of carbonyl (C=O) groups is 1. The quantitative estimate of drug-likeness (QED) is 0.752. The van der Waals surface area contributed by atoms with Crippen LogP contribution in [0.15, 0.2) is 24.3 Å². The number of carbonyl (C=O) groups excluding carboxylic acids is 1. The fourth-order valence-electron chi connectivity index (χ4n) is 3.14. The van der Waals surface area contributed by atoms with Crippen LogP contribution in [0.3, 0.4) is 0 Å². The molecule has 1 aromatic carbocycles. The monoisotopic (exact) mass is 355 g/mol. The highest BCUT2D eigenvalue weighted by Crippen LogP contribution is 2.32. The summed E-state index contributed by atoms with van der Waals surface area (Å²) in [5.74, 6) is 1.42. The van der Waals surface area contributed by atoms with E-state index in [9.17, 15) is 4.79 Å². The topological polar surface area (TPSA) is 92.8 Å². The summed E-state index contributed by atoms with van der Waals surface area (Å²) < 4.78 is 9.42. The molecule has 0 spiro atoms. The molecule has 3 aromatic rings. The summed E-state index contributed by atoms with van der Waals surface area (Å²) in [6.07, 6.45) is 0.673. The molecule has 7 nitrogen and oxygen atoms in total. The van der Waals surface area contributed by atoms with Crippen LogP contribution in [0, 0.1) is 6.92 Å². The molecule has 128 valence electrons. The molecule has 0 saturated carbocycles. The van der Waals surface area contributed by atoms with Gasteiger partial charge in [-0.15, -0.1) is 5.10 Å². The van der Waals surface area contributed by atoms with Crippen molar-refractivity contribution in [1.29, 1.82) is 0 Å². The molecule has 8 heteroatoms. The number of methoxy groups -OCH3 is 1. The lowest BCUT2D eigenvalue weighted by molar-refractivity contribution is 0.0950. The Labute approximate surface area is 148 Å². The Bertz CT molecular complexity index is 933. The number of hydrogen-bond donors (Lipinski definition) is 2. The van der Waals surface area contributed by atoms with Gasteiger partial charge in [-0.05, 0) is 36.5 Å². The number of fused-ring (bicyclic) bond motifs is 1. The third-order valence-corrected chi connectivity index (χ3v) is 5.23. The van der Waals surface area contributed by atoms with E-state index in [2.05, 4.69) is 24.9 Å². The van der Waals surface area contributed by atoms with Gasteiger partial charge in [0.05, 0.1) is 12.8 Å². The van der Waals surface area contributed by atoms with Crippen LogP contribution in [0.5, 0.6) is 5.75 Å². The normalized spacial score (nSPS) is 16.9. The first-order valence-corrected chi connectivity index (χ1v) is 8.74. The van der Waals surface area contributed by atoms with Crippen LogP contribution in [0.4, 0.5) is 0 Å². The van der Waals surface area contributed by atoms with E-state index >= 15 is 0 Å². The minimum Gasteiger partial charge on any atom is -0.496 e. The van der Waals surface area contributed by atoms with Crippen molar-refractivity contribution in [3.05, 3.63) is 46.9 Å². The summed E-state index contributed by atoms with van der Waals surface area (Å²) in [4.78, 5) is 21.1. The molecular weight excluding hydrogens is 338 g/mol. The molecule has 1 aliphatic heterocycles. The molecule has 1 atom stereocenters. The number of benzene rings is 1. The number of rotatable bonds is 3. The molecule has 4 rings (SSSR count). The summed E-state index contributed by atoms with van der Waals surface area (Å²) in [6, 6.07) is 7.90. The summed E-state index contributed by atoms with van der Waals surface area (Å²) >= 11 is 1.27. The molecular formula is C17H17N5O2S. The minimum absolute atomic E-state index is 0.107. The second-order valence-electron chi connectivity index (χ2n) is 5.95. The summed E-state index contributed by atoms with van der Waals surface area (Å²) in [5.41, 5.74) is 3.15. The van der Waals surface area contributed by atoms with Gasteiger partial charge in [-0.1, -0.05) is 22.7 Å². The molecule has 25 heavy (non-hydrogen) atoms. The van der Waals surface area contributed by atoms with E-state index in [-0.39, 0.29) is 11.8 Å². The van der Waals surface area contributed by atoms with Crippen molar-refractivity contribution in [2.24, 2.45) is 0 Å². The van der Waals surface area contributed by atoms with Crippen molar-refractivity contribution in [3.8, 4) is 16.5 Å². The number of aromatic amines is 1. The first kappa shape index (κ1) is 15.8. The first-order valence-electron chi connectivity index (χ1n) is 7.96. The number of nitrogens with zero attached hydrogens (tertiary/aromatic N) is 3. The molecule has 0 fully saturated rings. The van der Waals surface area contributed by atoms with Crippen LogP contribution in [0.1, 0.15) is 33.4 Å². The molecule has 0 saturated heterocycles. The number of para-hydroxylation sites is 1. The Morgan fingerprint density at radius 3 is 2.92 bits per heavy atom. The Balaban J connectivity index is 1.73. The van der Waals surface area contributed by atoms with Crippen molar-refractivity contribution in [1.82, 2.24) is 24.9 Å². The van der Waals surface area contributed by atoms with E-state index in [0.717, 1.165) is 27.6 Å². The van der Waals surface area contributed by atoms with Crippen molar-refractivity contribution < 1.29 is 9.53 Å². The average Bonchev–Trinajstić information content (AvgIpc) is 3.20. The van der Waals surface area contributed by atoms with Crippen LogP contribution in [-0.2, 0) is 6.42 Å². The van der Waals surface area contributed by atoms with Crippen LogP contribution < -0.4 is 10.1 Å². The smallest absolute Gasteiger partial charge is 0.271 e. The fraction of sp³-hybridized carbons (Fsp3) is 0.294. The molecule has 1 aliphatic rings. The fourth-order valence-corrected chi connectivity index (χ4v) is 3.74. The van der Waals surface area contributed by atoms with Crippen molar-refractivity contribution in [3.63, 3.8) is 0 Å². The van der Waals surface area contributed by atoms with Crippen molar-refractivity contribution in [2.75, 3.05) is 13.7 Å². The van der Waals surface area contributed by atoms with E-state index in [1.807, 2.05) is 31.2 Å². The van der Waals surface area contributed by atoms with Crippen molar-refractivity contribution in [2.45, 2.75) is 19.3 Å². The van der Waals surface area contributed by atoms with Gasteiger partial charge in [0.25, 0.3) is 5.91 Å². The number of aromatic nitrogens is 4. The third kappa shape index (κ3) is 2.78. The second-order valence-corrected chi connectivity index (χ2v) is 6.71. The van der Waals surface area contributed by atoms with Crippen LogP contribution in [-0.4, -0.2) is 39.1 Å². The van der Waals surface area contributed by atoms with Crippen molar-refractivity contribution >= 4 is 17.4 Å². The predicted molar refractivity (Wildman–Crippen MR) is 94.0 cm³/mol. The maximum atomic E-state index is 12.5. The lowest BCUT2D eigenvalue weighted by atomic mass is 9.93. The Kier molecular flexibility index (Phi) is 3.96. The van der Waals surface area contributed by atoms with Gasteiger partial charge in [0.2, 0.25) is 0 Å². The zero-order valence-electron chi connectivity index (χ0n) is 13.9. The lowest BCUT2D eigenvalue weighted by Gasteiger charge is -2.17. The lowest BCUT2D eigenvalue weighted by Crippen LogP contribution is -2.26. The predicted octanol–water partition coefficient (Wildman–Crippen LogP) is 2.31. The Morgan fingerprint density at radius 1 is 1.32 bits per heavy atom. The number of imidazole rings is 1. The number of nitrogens with one attached hydrogen (secondary N) is 2. The highest BCUT2D eigenvalue weighted by atomic mass is 32.1. The number of aryl methyl sites for hydroxylation is 1. The maximum Gasteiger partial charge on any atom is 0.271 e. The second kappa shape index (κ2) is 6.29. The zero-order valence-corrected chi connectivity index (χ0v) is 14.7. The molecule has 0 bridgehead atoms. The largest absolute Gasteiger partial charge is 0.496 e. The highest BCUT2D eigenvalue weighted by molar-refractivity contribution is 7.09. The summed E-state index contributed by atoms with van der Waals surface area (Å²) in [6.45, 7) is 2.42. The van der Waals surface area contributed by atoms with E-state index < -0.39 is 0 Å². The first-order chi connectivity index (χ1) is 12.2. The van der Waals surface area contributed by atoms with E-state index in [1.165, 1.54) is 11.5 Å². The Morgan fingerprint density at radius 2 is 2.16 bits per heavy atom. The van der Waals surface area contributed by atoms with E-state index in [1.54, 1.807) is 7.11 Å². The molecule has 2 aromatic heterocycles. The van der Waals surface area contributed by atoms with Gasteiger partial charge in [-0.3, -0.25) is 4.79 Å². The van der Waals surface area contributed by atoms with Gasteiger partial charge in [-0.2, -0.15) is 0 Å². The van der Waals surface area contributed by atoms with Gasteiger partial charge in [0.1, 0.15) is 16.3 Å². The van der Waals surface area contributed by atoms with E-state index in [4.69, 9.17) is 4.74 Å². The zero-order chi connectivity index (χ0) is 17.4. The maximum absolute atomic E-state index is 12.5. The minimum atomic E-state index is -0.162. The van der Waals surface area contributed by atoms with Gasteiger partial charge >= 0.3 is 0 Å². The summed E-state index contributed by atoms with van der Waals surface area (Å²) in [7, 11) is 1.66.